The Labute approximate surface area is 250 Å². The van der Waals surface area contributed by atoms with Gasteiger partial charge >= 0.3 is 4.34 Å². The maximum atomic E-state index is 13.0. The molecule has 2 atom stereocenters. The summed E-state index contributed by atoms with van der Waals surface area (Å²) in [6.45, 7) is 0. The summed E-state index contributed by atoms with van der Waals surface area (Å²) in [5, 5.41) is 0. The van der Waals surface area contributed by atoms with Crippen LogP contribution in [0.5, 0.6) is 0 Å². The second-order valence-corrected chi connectivity index (χ2v) is 32.8. The van der Waals surface area contributed by atoms with E-state index in [-0.39, 0.29) is 0 Å². The molecule has 28 heavy (non-hydrogen) atoms. The van der Waals surface area contributed by atoms with E-state index in [4.69, 9.17) is 9.22 Å². The predicted octanol–water partition coefficient (Wildman–Crippen LogP) is 8.85. The van der Waals surface area contributed by atoms with Crippen molar-refractivity contribution in [2.24, 2.45) is 0 Å². The summed E-state index contributed by atoms with van der Waals surface area (Å²) in [4.78, 5) is 10.5. The quantitative estimate of drug-likeness (QED) is 0.0981. The molecule has 0 amide bonds. The van der Waals surface area contributed by atoms with Crippen molar-refractivity contribution in [1.29, 1.82) is 0 Å². The molecule has 5 nitrogen and oxygen atoms in total. The molecule has 0 saturated heterocycles. The van der Waals surface area contributed by atoms with E-state index >= 15 is 0 Å². The van der Waals surface area contributed by atoms with Crippen molar-refractivity contribution >= 4 is 199 Å². The van der Waals surface area contributed by atoms with E-state index in [1.807, 2.05) is 0 Å². The third-order valence-electron chi connectivity index (χ3n) is 2.45. The summed E-state index contributed by atoms with van der Waals surface area (Å²) in [5.41, 5.74) is 0.465. The van der Waals surface area contributed by atoms with Crippen LogP contribution in [0.1, 0.15) is 0 Å². The molecule has 18 heteroatoms. The molecular formula is C10H2Br9NO4S4. The summed E-state index contributed by atoms with van der Waals surface area (Å²) in [6, 6.07) is 3.43. The zero-order valence-electron chi connectivity index (χ0n) is 12.3. The minimum absolute atomic E-state index is 0.336. The van der Waals surface area contributed by atoms with Crippen LogP contribution >= 0.6 is 167 Å². The van der Waals surface area contributed by atoms with Gasteiger partial charge in [0.2, 0.25) is 0 Å². The first-order chi connectivity index (χ1) is 12.6. The normalized spacial score (nSPS) is 15.8. The molecule has 0 aliphatic carbocycles. The molecule has 1 heterocycles. The second-order valence-electron chi connectivity index (χ2n) is 4.36. The average molecular weight is 1050 g/mol. The van der Waals surface area contributed by atoms with Crippen molar-refractivity contribution in [3.63, 3.8) is 0 Å². The number of nitrogens with zero attached hydrogens (tertiary/aromatic N) is 1. The minimum atomic E-state index is -1.61. The van der Waals surface area contributed by atoms with Gasteiger partial charge in [0.1, 0.15) is 5.52 Å². The van der Waals surface area contributed by atoms with E-state index < -0.39 is 27.6 Å². The number of alkyl halides is 9. The zero-order valence-corrected chi connectivity index (χ0v) is 29.8. The summed E-state index contributed by atoms with van der Waals surface area (Å²) < 4.78 is 28.6. The fourth-order valence-electron chi connectivity index (χ4n) is 1.54. The standard InChI is InChI=1S/C10H2Br9NO4S4/c11-8(12,13)23-24-26-3-1-4-6(5(2-3)27(21)9(14,15)16)20-7(25-4)28(22)10(17,18)19/h1-2H. The number of fused-ring (bicyclic) bond motifs is 1. The molecule has 0 radical (unpaired) electrons. The van der Waals surface area contributed by atoms with Gasteiger partial charge in [0.25, 0.3) is 5.28 Å². The van der Waals surface area contributed by atoms with Crippen molar-refractivity contribution in [2.75, 3.05) is 0 Å². The Morgan fingerprint density at radius 2 is 1.50 bits per heavy atom. The Bertz CT molecular complexity index is 837. The Kier molecular flexibility index (Phi) is 11.6. The fourth-order valence-corrected chi connectivity index (χ4v) is 9.57. The highest BCUT2D eigenvalue weighted by molar-refractivity contribution is 9.42. The molecular weight excluding hydrogens is 1050 g/mol. The van der Waals surface area contributed by atoms with E-state index in [1.165, 1.54) is 11.3 Å². The lowest BCUT2D eigenvalue weighted by Gasteiger charge is -2.19. The highest BCUT2D eigenvalue weighted by Gasteiger charge is 2.41. The van der Waals surface area contributed by atoms with Crippen molar-refractivity contribution in [3.8, 4) is 0 Å². The maximum absolute atomic E-state index is 13.0. The Hall–Kier alpha value is 4.32. The smallest absolute Gasteiger partial charge is 0.305 e. The molecule has 2 rings (SSSR count). The molecule has 0 spiro atoms. The van der Waals surface area contributed by atoms with Gasteiger partial charge in [-0.1, -0.05) is 11.3 Å². The third kappa shape index (κ3) is 8.52. The predicted molar refractivity (Wildman–Crippen MR) is 149 cm³/mol. The van der Waals surface area contributed by atoms with Gasteiger partial charge in [0.15, 0.2) is 4.90 Å². The first kappa shape index (κ1) is 28.6. The molecule has 0 aliphatic rings. The van der Waals surface area contributed by atoms with E-state index in [0.29, 0.717) is 24.3 Å². The van der Waals surface area contributed by atoms with Crippen LogP contribution in [0.2, 0.25) is 0 Å². The van der Waals surface area contributed by atoms with Crippen LogP contribution in [0, 0.1) is 0 Å². The number of aromatic nitrogens is 1. The SMILES string of the molecule is [O-][S+](c1nc2c([S+]([O-])C(Br)(Br)Br)cc(SOOC(Br)(Br)Br)cc2s1)C(Br)(Br)Br. The topological polar surface area (TPSA) is 77.5 Å². The number of hydrogen-bond acceptors (Lipinski definition) is 7. The molecule has 2 aromatic rings. The molecule has 1 aromatic carbocycles. The van der Waals surface area contributed by atoms with Crippen LogP contribution in [0.3, 0.4) is 0 Å². The number of rotatable bonds is 5. The number of benzene rings is 1. The van der Waals surface area contributed by atoms with E-state index in [9.17, 15) is 9.11 Å². The van der Waals surface area contributed by atoms with Crippen molar-refractivity contribution in [2.45, 2.75) is 19.4 Å². The molecule has 0 bridgehead atoms. The van der Waals surface area contributed by atoms with Crippen LogP contribution in [-0.4, -0.2) is 19.4 Å². The zero-order chi connectivity index (χ0) is 21.5. The van der Waals surface area contributed by atoms with E-state index in [2.05, 4.69) is 148 Å². The van der Waals surface area contributed by atoms with Gasteiger partial charge in [-0.2, -0.15) is 14.2 Å². The van der Waals surface area contributed by atoms with Crippen LogP contribution in [0.15, 0.2) is 26.3 Å². The fraction of sp³-hybridized carbons (Fsp3) is 0.300. The molecule has 1 aromatic heterocycles. The lowest BCUT2D eigenvalue weighted by Crippen LogP contribution is -2.19. The lowest BCUT2D eigenvalue weighted by atomic mass is 10.3. The first-order valence-electron chi connectivity index (χ1n) is 6.10. The number of hydrogen-bond donors (Lipinski definition) is 0. The van der Waals surface area contributed by atoms with Gasteiger partial charge in [-0.05, 0) is 53.9 Å². The highest BCUT2D eigenvalue weighted by atomic mass is 80.0. The second kappa shape index (κ2) is 11.4. The minimum Gasteiger partial charge on any atom is -0.609 e. The van der Waals surface area contributed by atoms with Gasteiger partial charge in [-0.15, -0.1) is 0 Å². The Balaban J connectivity index is 2.50. The number of thiazole rings is 1. The van der Waals surface area contributed by atoms with Crippen molar-refractivity contribution in [1.82, 2.24) is 4.98 Å². The lowest BCUT2D eigenvalue weighted by molar-refractivity contribution is -0.184. The number of halogens is 9. The van der Waals surface area contributed by atoms with Crippen molar-refractivity contribution in [3.05, 3.63) is 12.1 Å². The maximum Gasteiger partial charge on any atom is 0.305 e. The average Bonchev–Trinajstić information content (AvgIpc) is 2.93. The van der Waals surface area contributed by atoms with Crippen LogP contribution in [-0.2, 0) is 31.6 Å². The van der Waals surface area contributed by atoms with Crippen LogP contribution in [0.25, 0.3) is 10.2 Å². The van der Waals surface area contributed by atoms with Gasteiger partial charge in [0, 0.05) is 118 Å². The molecule has 0 saturated carbocycles. The third-order valence-corrected chi connectivity index (χ3v) is 12.2. The molecule has 158 valence electrons. The van der Waals surface area contributed by atoms with Gasteiger partial charge in [-0.25, -0.2) is 0 Å². The molecule has 0 N–H and O–H groups in total. The summed E-state index contributed by atoms with van der Waals surface area (Å²) in [6.07, 6.45) is 0. The van der Waals surface area contributed by atoms with E-state index in [0.717, 1.165) is 12.0 Å². The van der Waals surface area contributed by atoms with Gasteiger partial charge < -0.3 is 9.11 Å². The van der Waals surface area contributed by atoms with Gasteiger partial charge in [-0.3, -0.25) is 0 Å². The monoisotopic (exact) mass is 1040 g/mol. The van der Waals surface area contributed by atoms with Crippen molar-refractivity contribution < 1.29 is 18.3 Å². The Morgan fingerprint density at radius 3 is 2.00 bits per heavy atom. The molecule has 0 aliphatic heterocycles. The van der Waals surface area contributed by atoms with E-state index in [1.54, 1.807) is 12.1 Å². The highest BCUT2D eigenvalue weighted by Crippen LogP contribution is 2.49. The Morgan fingerprint density at radius 1 is 0.929 bits per heavy atom. The van der Waals surface area contributed by atoms with Gasteiger partial charge in [0.05, 0.1) is 27.9 Å². The molecule has 0 fully saturated rings. The molecule has 2 unspecified atom stereocenters. The largest absolute Gasteiger partial charge is 0.609 e. The van der Waals surface area contributed by atoms with Crippen LogP contribution in [0.4, 0.5) is 0 Å². The van der Waals surface area contributed by atoms with Crippen LogP contribution < -0.4 is 0 Å². The summed E-state index contributed by atoms with van der Waals surface area (Å²) >= 11 is 28.0. The summed E-state index contributed by atoms with van der Waals surface area (Å²) in [5.74, 6) is 0. The summed E-state index contributed by atoms with van der Waals surface area (Å²) in [7, 11) is 0. The first-order valence-corrected chi connectivity index (χ1v) is 17.1.